The molecule has 0 radical (unpaired) electrons. The highest BCUT2D eigenvalue weighted by Crippen LogP contribution is 2.26. The highest BCUT2D eigenvalue weighted by molar-refractivity contribution is 6.16. The molecule has 31 heavy (non-hydrogen) atoms. The summed E-state index contributed by atoms with van der Waals surface area (Å²) in [5.41, 5.74) is 4.22. The van der Waals surface area contributed by atoms with Crippen LogP contribution in [0.1, 0.15) is 43.7 Å². The zero-order valence-electron chi connectivity index (χ0n) is 18.9. The van der Waals surface area contributed by atoms with Crippen LogP contribution in [-0.4, -0.2) is 42.3 Å². The second kappa shape index (κ2) is 10.4. The molecule has 0 saturated heterocycles. The maximum atomic E-state index is 13.2. The number of hydrogen-bond acceptors (Lipinski definition) is 5. The molecule has 0 aromatic heterocycles. The number of methoxy groups -OCH3 is 1. The number of ether oxygens (including phenoxy) is 1. The van der Waals surface area contributed by atoms with Crippen molar-refractivity contribution in [1.29, 1.82) is 0 Å². The topological polar surface area (TPSA) is 66.0 Å². The van der Waals surface area contributed by atoms with Gasteiger partial charge in [-0.25, -0.2) is 0 Å². The number of amides is 1. The Morgan fingerprint density at radius 2 is 2.23 bits per heavy atom. The fourth-order valence-corrected chi connectivity index (χ4v) is 4.48. The van der Waals surface area contributed by atoms with Crippen molar-refractivity contribution in [2.45, 2.75) is 58.2 Å². The molecule has 1 amide bonds. The SMILES string of the molecule is C=C/N=C1/C=C(C(=O)N(CC)[C@H]2CCC[C@@H](NCc3ccc(OC)c(C)c3)C2)NC1=C. The van der Waals surface area contributed by atoms with Gasteiger partial charge in [0, 0.05) is 31.4 Å². The Balaban J connectivity index is 1.62. The summed E-state index contributed by atoms with van der Waals surface area (Å²) in [7, 11) is 1.70. The van der Waals surface area contributed by atoms with Gasteiger partial charge in [0.05, 0.1) is 18.5 Å². The molecular formula is C25H34N4O2. The summed E-state index contributed by atoms with van der Waals surface area (Å²) < 4.78 is 5.35. The van der Waals surface area contributed by atoms with Gasteiger partial charge in [0.15, 0.2) is 0 Å². The van der Waals surface area contributed by atoms with Crippen LogP contribution in [0.3, 0.4) is 0 Å². The quantitative estimate of drug-likeness (QED) is 0.668. The third-order valence-electron chi connectivity index (χ3n) is 6.08. The number of nitrogens with one attached hydrogen (secondary N) is 2. The Morgan fingerprint density at radius 1 is 1.42 bits per heavy atom. The first kappa shape index (κ1) is 22.8. The molecule has 1 heterocycles. The summed E-state index contributed by atoms with van der Waals surface area (Å²) >= 11 is 0. The Bertz CT molecular complexity index is 903. The van der Waals surface area contributed by atoms with E-state index < -0.39 is 0 Å². The molecule has 0 unspecified atom stereocenters. The highest BCUT2D eigenvalue weighted by Gasteiger charge is 2.32. The van der Waals surface area contributed by atoms with E-state index in [0.717, 1.165) is 43.5 Å². The summed E-state index contributed by atoms with van der Waals surface area (Å²) in [6, 6.07) is 6.91. The fourth-order valence-electron chi connectivity index (χ4n) is 4.48. The van der Waals surface area contributed by atoms with Gasteiger partial charge in [-0.15, -0.1) is 0 Å². The summed E-state index contributed by atoms with van der Waals surface area (Å²) in [5, 5.41) is 6.78. The molecule has 2 aliphatic rings. The first-order chi connectivity index (χ1) is 15.0. The zero-order chi connectivity index (χ0) is 22.4. The fraction of sp³-hybridized carbons (Fsp3) is 0.440. The molecule has 166 valence electrons. The van der Waals surface area contributed by atoms with Gasteiger partial charge >= 0.3 is 0 Å². The van der Waals surface area contributed by atoms with Crippen molar-refractivity contribution < 1.29 is 9.53 Å². The molecule has 6 heteroatoms. The molecule has 2 N–H and O–H groups in total. The van der Waals surface area contributed by atoms with Crippen LogP contribution < -0.4 is 15.4 Å². The maximum absolute atomic E-state index is 13.2. The molecule has 1 fully saturated rings. The predicted octanol–water partition coefficient (Wildman–Crippen LogP) is 3.84. The van der Waals surface area contributed by atoms with E-state index in [0.29, 0.717) is 29.7 Å². The highest BCUT2D eigenvalue weighted by atomic mass is 16.5. The first-order valence-corrected chi connectivity index (χ1v) is 11.0. The standard InChI is InChI=1S/C25H34N4O2/c1-6-26-22-15-23(28-18(22)4)25(30)29(7-2)21-10-8-9-20(14-21)27-16-19-11-12-24(31-5)17(3)13-19/h6,11-13,15,20-21,27-28H,1,4,7-10,14,16H2,2-3,5H3/b26-22-/t20-,21+/m1/s1. The molecular weight excluding hydrogens is 388 g/mol. The normalized spacial score (nSPS) is 22.1. The molecule has 1 saturated carbocycles. The zero-order valence-corrected chi connectivity index (χ0v) is 18.9. The van der Waals surface area contributed by atoms with Gasteiger partial charge in [-0.2, -0.15) is 0 Å². The van der Waals surface area contributed by atoms with Crippen LogP contribution in [0.2, 0.25) is 0 Å². The van der Waals surface area contributed by atoms with Gasteiger partial charge in [0.1, 0.15) is 11.4 Å². The van der Waals surface area contributed by atoms with E-state index in [1.54, 1.807) is 13.2 Å². The molecule has 0 spiro atoms. The van der Waals surface area contributed by atoms with Crippen molar-refractivity contribution in [1.82, 2.24) is 15.5 Å². The molecule has 1 aromatic carbocycles. The molecule has 3 rings (SSSR count). The van der Waals surface area contributed by atoms with Crippen molar-refractivity contribution in [2.24, 2.45) is 4.99 Å². The second-order valence-corrected chi connectivity index (χ2v) is 8.15. The van der Waals surface area contributed by atoms with Crippen LogP contribution in [0.15, 0.2) is 60.0 Å². The first-order valence-electron chi connectivity index (χ1n) is 11.0. The van der Waals surface area contributed by atoms with E-state index in [2.05, 4.69) is 47.8 Å². The summed E-state index contributed by atoms with van der Waals surface area (Å²) in [6.45, 7) is 13.2. The number of aryl methyl sites for hydroxylation is 1. The number of benzene rings is 1. The number of likely N-dealkylation sites (N-methyl/N-ethyl adjacent to an activating group) is 1. The van der Waals surface area contributed by atoms with Crippen molar-refractivity contribution >= 4 is 11.6 Å². The average Bonchev–Trinajstić information content (AvgIpc) is 3.14. The monoisotopic (exact) mass is 422 g/mol. The second-order valence-electron chi connectivity index (χ2n) is 8.15. The number of nitrogens with zero attached hydrogens (tertiary/aromatic N) is 2. The minimum atomic E-state index is 0.00865. The van der Waals surface area contributed by atoms with E-state index in [4.69, 9.17) is 4.74 Å². The van der Waals surface area contributed by atoms with Crippen molar-refractivity contribution in [3.05, 3.63) is 66.2 Å². The molecule has 2 atom stereocenters. The van der Waals surface area contributed by atoms with Gasteiger partial charge in [-0.3, -0.25) is 9.79 Å². The van der Waals surface area contributed by atoms with Crippen molar-refractivity contribution in [3.8, 4) is 5.75 Å². The number of rotatable bonds is 8. The van der Waals surface area contributed by atoms with Gasteiger partial charge < -0.3 is 20.3 Å². The lowest BCUT2D eigenvalue weighted by Gasteiger charge is -2.37. The minimum absolute atomic E-state index is 0.00865. The lowest BCUT2D eigenvalue weighted by atomic mass is 9.89. The van der Waals surface area contributed by atoms with Gasteiger partial charge in [-0.1, -0.05) is 25.3 Å². The largest absolute Gasteiger partial charge is 0.496 e. The Morgan fingerprint density at radius 3 is 2.90 bits per heavy atom. The van der Waals surface area contributed by atoms with Crippen LogP contribution in [0, 0.1) is 6.92 Å². The smallest absolute Gasteiger partial charge is 0.270 e. The lowest BCUT2D eigenvalue weighted by Crippen LogP contribution is -2.48. The van der Waals surface area contributed by atoms with Crippen LogP contribution in [0.25, 0.3) is 0 Å². The van der Waals surface area contributed by atoms with Crippen LogP contribution in [-0.2, 0) is 11.3 Å². The Labute approximate surface area is 185 Å². The summed E-state index contributed by atoms with van der Waals surface area (Å²) in [6.07, 6.45) is 7.45. The number of aliphatic imine (C=N–C) groups is 1. The van der Waals surface area contributed by atoms with Crippen LogP contribution >= 0.6 is 0 Å². The molecule has 1 aromatic rings. The lowest BCUT2D eigenvalue weighted by molar-refractivity contribution is -0.130. The van der Waals surface area contributed by atoms with E-state index in [-0.39, 0.29) is 11.9 Å². The third-order valence-corrected chi connectivity index (χ3v) is 6.08. The summed E-state index contributed by atoms with van der Waals surface area (Å²) in [5.74, 6) is 0.923. The maximum Gasteiger partial charge on any atom is 0.270 e. The van der Waals surface area contributed by atoms with E-state index in [9.17, 15) is 4.79 Å². The molecule has 1 aliphatic carbocycles. The Kier molecular flexibility index (Phi) is 7.69. The van der Waals surface area contributed by atoms with E-state index >= 15 is 0 Å². The average molecular weight is 423 g/mol. The van der Waals surface area contributed by atoms with Crippen LogP contribution in [0.5, 0.6) is 5.75 Å². The molecule has 1 aliphatic heterocycles. The number of hydrogen-bond donors (Lipinski definition) is 2. The van der Waals surface area contributed by atoms with Crippen molar-refractivity contribution in [3.63, 3.8) is 0 Å². The molecule has 6 nitrogen and oxygen atoms in total. The number of carbonyl (C=O) groups excluding carboxylic acids is 1. The van der Waals surface area contributed by atoms with Gasteiger partial charge in [0.2, 0.25) is 0 Å². The Hall–Kier alpha value is -2.86. The minimum Gasteiger partial charge on any atom is -0.496 e. The van der Waals surface area contributed by atoms with Gasteiger partial charge in [0.25, 0.3) is 5.91 Å². The van der Waals surface area contributed by atoms with E-state index in [1.807, 2.05) is 17.9 Å². The predicted molar refractivity (Wildman–Crippen MR) is 126 cm³/mol. The third kappa shape index (κ3) is 5.44. The van der Waals surface area contributed by atoms with Crippen LogP contribution in [0.4, 0.5) is 0 Å². The molecule has 0 bridgehead atoms. The number of allylic oxidation sites excluding steroid dienone is 1. The van der Waals surface area contributed by atoms with Crippen molar-refractivity contribution in [2.75, 3.05) is 13.7 Å². The van der Waals surface area contributed by atoms with E-state index in [1.165, 1.54) is 11.8 Å². The summed E-state index contributed by atoms with van der Waals surface area (Å²) in [4.78, 5) is 19.3. The number of carbonyl (C=O) groups is 1. The van der Waals surface area contributed by atoms with Gasteiger partial charge in [-0.05, 0) is 62.8 Å².